The van der Waals surface area contributed by atoms with Crippen LogP contribution in [0.3, 0.4) is 0 Å². The molecule has 2 aromatic carbocycles. The van der Waals surface area contributed by atoms with Crippen LogP contribution in [0.4, 0.5) is 5.13 Å². The van der Waals surface area contributed by atoms with Gasteiger partial charge < -0.3 is 9.84 Å². The van der Waals surface area contributed by atoms with Gasteiger partial charge in [-0.1, -0.05) is 83.2 Å². The number of hydrogen-bond acceptors (Lipinski definition) is 9. The molecule has 1 saturated heterocycles. The highest BCUT2D eigenvalue weighted by atomic mass is 35.5. The number of rotatable bonds is 9. The molecule has 1 N–H and O–H groups in total. The van der Waals surface area contributed by atoms with Crippen molar-refractivity contribution < 1.29 is 19.4 Å². The number of benzene rings is 2. The fourth-order valence-electron chi connectivity index (χ4n) is 4.94. The van der Waals surface area contributed by atoms with E-state index in [0.717, 1.165) is 16.9 Å². The van der Waals surface area contributed by atoms with E-state index in [0.29, 0.717) is 48.5 Å². The Balaban J connectivity index is 1.44. The molecule has 3 aromatic heterocycles. The number of carbonyl (C=O) groups excluding carboxylic acids is 2. The number of ketones is 1. The van der Waals surface area contributed by atoms with Gasteiger partial charge in [0.25, 0.3) is 5.78 Å². The van der Waals surface area contributed by atoms with Crippen molar-refractivity contribution in [1.82, 2.24) is 19.6 Å². The summed E-state index contributed by atoms with van der Waals surface area (Å²) in [4.78, 5) is 33.2. The molecule has 44 heavy (non-hydrogen) atoms. The summed E-state index contributed by atoms with van der Waals surface area (Å²) in [6, 6.07) is 16.6. The maximum Gasteiger partial charge on any atom is 0.301 e. The van der Waals surface area contributed by atoms with Crippen molar-refractivity contribution in [3.8, 4) is 5.75 Å². The highest BCUT2D eigenvalue weighted by molar-refractivity contribution is 8.00. The van der Waals surface area contributed by atoms with E-state index in [4.69, 9.17) is 27.9 Å². The first-order chi connectivity index (χ1) is 21.3. The Morgan fingerprint density at radius 3 is 2.77 bits per heavy atom. The number of amides is 1. The molecule has 1 aliphatic rings. The fourth-order valence-corrected chi connectivity index (χ4v) is 7.36. The molecule has 1 aliphatic heterocycles. The summed E-state index contributed by atoms with van der Waals surface area (Å²) < 4.78 is 7.99. The molecule has 4 heterocycles. The summed E-state index contributed by atoms with van der Waals surface area (Å²) in [5.74, 6) is -1.04. The van der Waals surface area contributed by atoms with Crippen molar-refractivity contribution >= 4 is 74.5 Å². The van der Waals surface area contributed by atoms with Gasteiger partial charge in [-0.25, -0.2) is 4.98 Å². The molecule has 1 unspecified atom stereocenters. The molecule has 1 atom stereocenters. The third kappa shape index (κ3) is 5.59. The third-order valence-electron chi connectivity index (χ3n) is 6.88. The number of anilines is 1. The minimum atomic E-state index is -1.02. The van der Waals surface area contributed by atoms with E-state index in [-0.39, 0.29) is 23.1 Å². The Morgan fingerprint density at radius 2 is 1.98 bits per heavy atom. The molecule has 6 rings (SSSR count). The first-order valence-corrected chi connectivity index (χ1v) is 15.8. The number of nitrogens with zero attached hydrogens (tertiary/aromatic N) is 5. The molecule has 1 amide bonds. The minimum Gasteiger partial charge on any atom is -0.505 e. The number of thioether (sulfide) groups is 1. The molecule has 9 nitrogen and oxygen atoms in total. The Labute approximate surface area is 270 Å². The van der Waals surface area contributed by atoms with Crippen molar-refractivity contribution in [2.45, 2.75) is 23.1 Å². The van der Waals surface area contributed by atoms with Crippen molar-refractivity contribution in [3.63, 3.8) is 0 Å². The third-order valence-corrected chi connectivity index (χ3v) is 9.57. The number of aryl methyl sites for hydroxylation is 1. The Bertz CT molecular complexity index is 1970. The van der Waals surface area contributed by atoms with Crippen molar-refractivity contribution in [2.24, 2.45) is 0 Å². The van der Waals surface area contributed by atoms with E-state index < -0.39 is 17.7 Å². The number of Topliss-reactive ketones (excluding diaryl/α,β-unsaturated/α-hetero) is 1. The lowest BCUT2D eigenvalue weighted by atomic mass is 9.96. The van der Waals surface area contributed by atoms with Crippen molar-refractivity contribution in [1.29, 1.82) is 0 Å². The average molecular weight is 665 g/mol. The van der Waals surface area contributed by atoms with E-state index in [1.807, 2.05) is 12.1 Å². The summed E-state index contributed by atoms with van der Waals surface area (Å²) in [6.45, 7) is 5.69. The zero-order valence-electron chi connectivity index (χ0n) is 23.1. The molecule has 0 saturated carbocycles. The average Bonchev–Trinajstić information content (AvgIpc) is 3.69. The predicted octanol–water partition coefficient (Wildman–Crippen LogP) is 7.28. The van der Waals surface area contributed by atoms with Crippen LogP contribution in [0, 0.1) is 6.92 Å². The molecule has 13 heteroatoms. The van der Waals surface area contributed by atoms with E-state index >= 15 is 0 Å². The molecule has 5 aromatic rings. The second-order valence-corrected chi connectivity index (χ2v) is 12.7. The zero-order chi connectivity index (χ0) is 31.0. The van der Waals surface area contributed by atoms with Gasteiger partial charge in [0.2, 0.25) is 5.13 Å². The van der Waals surface area contributed by atoms with Gasteiger partial charge in [0.15, 0.2) is 10.1 Å². The van der Waals surface area contributed by atoms with Crippen LogP contribution in [0.1, 0.15) is 28.6 Å². The number of carbonyl (C=O) groups is 2. The first kappa shape index (κ1) is 29.9. The molecule has 0 aliphatic carbocycles. The molecule has 1 fully saturated rings. The first-order valence-electron chi connectivity index (χ1n) is 13.3. The highest BCUT2D eigenvalue weighted by Crippen LogP contribution is 2.45. The lowest BCUT2D eigenvalue weighted by Gasteiger charge is -2.23. The number of fused-ring (bicyclic) bond motifs is 1. The summed E-state index contributed by atoms with van der Waals surface area (Å²) >= 11 is 14.9. The summed E-state index contributed by atoms with van der Waals surface area (Å²) in [6.07, 6.45) is 3.35. The van der Waals surface area contributed by atoms with Crippen molar-refractivity contribution in [2.75, 3.05) is 11.5 Å². The van der Waals surface area contributed by atoms with Gasteiger partial charge in [0.1, 0.15) is 23.7 Å². The van der Waals surface area contributed by atoms with Crippen LogP contribution in [-0.2, 0) is 15.3 Å². The topological polar surface area (TPSA) is 110 Å². The molecule has 0 spiro atoms. The van der Waals surface area contributed by atoms with E-state index in [1.165, 1.54) is 16.7 Å². The number of hydrogen-bond donors (Lipinski definition) is 1. The normalized spacial score (nSPS) is 16.2. The van der Waals surface area contributed by atoms with Crippen LogP contribution in [-0.4, -0.2) is 43.0 Å². The van der Waals surface area contributed by atoms with Crippen LogP contribution in [0.5, 0.6) is 5.75 Å². The summed E-state index contributed by atoms with van der Waals surface area (Å²) in [7, 11) is 0. The molecule has 222 valence electrons. The SMILES string of the molecule is C=CCOc1cccc(C2C(=C(O)c3c(C)nc4ccccn34)C(=O)C(=O)N2c2nnc(SCc3ccc(Cl)cc3Cl)s2)c1. The second-order valence-electron chi connectivity index (χ2n) is 9.69. The quantitative estimate of drug-likeness (QED) is 0.0437. The molecule has 0 radical (unpaired) electrons. The number of aromatic nitrogens is 4. The van der Waals surface area contributed by atoms with E-state index in [2.05, 4.69) is 21.8 Å². The van der Waals surface area contributed by atoms with Crippen LogP contribution in [0.15, 0.2) is 89.4 Å². The van der Waals surface area contributed by atoms with Gasteiger partial charge in [-0.2, -0.15) is 0 Å². The van der Waals surface area contributed by atoms with Gasteiger partial charge >= 0.3 is 5.91 Å². The highest BCUT2D eigenvalue weighted by Gasteiger charge is 2.49. The number of halogens is 2. The minimum absolute atomic E-state index is 0.0954. The largest absolute Gasteiger partial charge is 0.505 e. The van der Waals surface area contributed by atoms with Gasteiger partial charge in [0.05, 0.1) is 17.3 Å². The number of ether oxygens (including phenoxy) is 1. The molecular formula is C31H23Cl2N5O4S2. The maximum atomic E-state index is 13.7. The number of pyridine rings is 1. The van der Waals surface area contributed by atoms with E-state index in [9.17, 15) is 14.7 Å². The van der Waals surface area contributed by atoms with Crippen LogP contribution >= 0.6 is 46.3 Å². The predicted molar refractivity (Wildman–Crippen MR) is 173 cm³/mol. The molecular weight excluding hydrogens is 641 g/mol. The lowest BCUT2D eigenvalue weighted by Crippen LogP contribution is -2.29. The van der Waals surface area contributed by atoms with Crippen molar-refractivity contribution in [3.05, 3.63) is 118 Å². The van der Waals surface area contributed by atoms with Crippen LogP contribution in [0.2, 0.25) is 10.0 Å². The van der Waals surface area contributed by atoms with Crippen LogP contribution in [0.25, 0.3) is 11.4 Å². The monoisotopic (exact) mass is 663 g/mol. The summed E-state index contributed by atoms with van der Waals surface area (Å²) in [5.41, 5.74) is 2.70. The smallest absolute Gasteiger partial charge is 0.301 e. The molecule has 0 bridgehead atoms. The van der Waals surface area contributed by atoms with Crippen LogP contribution < -0.4 is 9.64 Å². The maximum absolute atomic E-state index is 13.7. The zero-order valence-corrected chi connectivity index (χ0v) is 26.3. The fraction of sp³-hybridized carbons (Fsp3) is 0.129. The van der Waals surface area contributed by atoms with Gasteiger partial charge in [-0.3, -0.25) is 18.9 Å². The van der Waals surface area contributed by atoms with Gasteiger partial charge in [-0.15, -0.1) is 10.2 Å². The number of aliphatic hydroxyl groups is 1. The Morgan fingerprint density at radius 1 is 1.14 bits per heavy atom. The number of imidazole rings is 1. The Kier molecular flexibility index (Phi) is 8.46. The second kappa shape index (κ2) is 12.4. The summed E-state index contributed by atoms with van der Waals surface area (Å²) in [5, 5.41) is 21.6. The standard InChI is InChI=1S/C31H23Cl2N5O4S2/c1-3-13-42-21-8-6-7-18(14-21)26-24(27(39)25-17(2)34-23-9-4-5-12-37(23)25)28(40)29(41)38(26)30-35-36-31(44-30)43-16-19-10-11-20(32)15-22(19)33/h3-12,14-15,26,39H,1,13,16H2,2H3. The van der Waals surface area contributed by atoms with E-state index in [1.54, 1.807) is 72.1 Å². The lowest BCUT2D eigenvalue weighted by molar-refractivity contribution is -0.132. The van der Waals surface area contributed by atoms with Gasteiger partial charge in [-0.05, 0) is 54.4 Å². The number of aliphatic hydroxyl groups excluding tert-OH is 1. The Hall–Kier alpha value is -4.16. The van der Waals surface area contributed by atoms with Gasteiger partial charge in [0, 0.05) is 22.0 Å².